The summed E-state index contributed by atoms with van der Waals surface area (Å²) in [5.74, 6) is 0. The average Bonchev–Trinajstić information content (AvgIpc) is 3.30. The minimum Gasteiger partial charge on any atom is -0.378 e. The van der Waals surface area contributed by atoms with Gasteiger partial charge in [0.2, 0.25) is 0 Å². The molecule has 2 aromatic carbocycles. The van der Waals surface area contributed by atoms with E-state index < -0.39 is 0 Å². The van der Waals surface area contributed by atoms with Crippen LogP contribution in [0.1, 0.15) is 18.4 Å². The third kappa shape index (κ3) is 3.58. The molecule has 3 rings (SSSR count). The smallest absolute Gasteiger partial charge is 0.0412 e. The number of rotatable bonds is 5. The van der Waals surface area contributed by atoms with Crippen LogP contribution >= 0.6 is 11.6 Å². The fourth-order valence-electron chi connectivity index (χ4n) is 2.45. The molecule has 1 N–H and O–H groups in total. The molecule has 1 aliphatic carbocycles. The molecule has 0 heterocycles. The van der Waals surface area contributed by atoms with Crippen molar-refractivity contribution >= 4 is 17.3 Å². The Labute approximate surface area is 131 Å². The number of nitrogens with zero attached hydrogens (tertiary/aromatic N) is 1. The van der Waals surface area contributed by atoms with Crippen molar-refractivity contribution in [1.29, 1.82) is 0 Å². The van der Waals surface area contributed by atoms with Gasteiger partial charge in [0.15, 0.2) is 0 Å². The van der Waals surface area contributed by atoms with Gasteiger partial charge in [-0.15, -0.1) is 0 Å². The highest BCUT2D eigenvalue weighted by Gasteiger charge is 2.20. The molecule has 110 valence electrons. The van der Waals surface area contributed by atoms with Crippen LogP contribution in [0.2, 0.25) is 5.02 Å². The average molecular weight is 301 g/mol. The first-order valence-corrected chi connectivity index (χ1v) is 7.81. The van der Waals surface area contributed by atoms with Crippen LogP contribution in [0.5, 0.6) is 0 Å². The van der Waals surface area contributed by atoms with E-state index in [9.17, 15) is 0 Å². The number of halogens is 1. The minimum atomic E-state index is 0.713. The lowest BCUT2D eigenvalue weighted by Crippen LogP contribution is -2.15. The van der Waals surface area contributed by atoms with Crippen molar-refractivity contribution in [2.24, 2.45) is 0 Å². The topological polar surface area (TPSA) is 15.3 Å². The van der Waals surface area contributed by atoms with E-state index in [0.717, 1.165) is 11.6 Å². The largest absolute Gasteiger partial charge is 0.378 e. The van der Waals surface area contributed by atoms with Crippen LogP contribution in [-0.2, 0) is 6.54 Å². The highest BCUT2D eigenvalue weighted by Crippen LogP contribution is 2.29. The van der Waals surface area contributed by atoms with Crippen LogP contribution in [0.3, 0.4) is 0 Å². The van der Waals surface area contributed by atoms with Crippen molar-refractivity contribution < 1.29 is 0 Å². The molecule has 0 saturated heterocycles. The molecule has 0 bridgehead atoms. The second kappa shape index (κ2) is 6.08. The zero-order valence-corrected chi connectivity index (χ0v) is 13.3. The fraction of sp³-hybridized carbons (Fsp3) is 0.333. The normalized spacial score (nSPS) is 14.2. The highest BCUT2D eigenvalue weighted by molar-refractivity contribution is 6.30. The third-order valence-electron chi connectivity index (χ3n) is 3.93. The lowest BCUT2D eigenvalue weighted by molar-refractivity contribution is 0.689. The van der Waals surface area contributed by atoms with Gasteiger partial charge < -0.3 is 10.2 Å². The van der Waals surface area contributed by atoms with Gasteiger partial charge in [-0.1, -0.05) is 29.8 Å². The Bertz CT molecular complexity index is 616. The Morgan fingerprint density at radius 1 is 1.10 bits per heavy atom. The maximum absolute atomic E-state index is 6.19. The molecule has 0 atom stereocenters. The predicted octanol–water partition coefficient (Wildman–Crippen LogP) is 4.33. The number of hydrogen-bond donors (Lipinski definition) is 1. The molecule has 0 amide bonds. The lowest BCUT2D eigenvalue weighted by atomic mass is 9.99. The SMILES string of the molecule is CN(C)c1ccc(-c2cc(Cl)ccc2CNC2CC2)cc1. The molecule has 0 unspecified atom stereocenters. The van der Waals surface area contributed by atoms with Gasteiger partial charge in [-0.25, -0.2) is 0 Å². The summed E-state index contributed by atoms with van der Waals surface area (Å²) in [5.41, 5.74) is 4.96. The molecule has 1 fully saturated rings. The van der Waals surface area contributed by atoms with Crippen molar-refractivity contribution in [3.8, 4) is 11.1 Å². The van der Waals surface area contributed by atoms with E-state index >= 15 is 0 Å². The summed E-state index contributed by atoms with van der Waals surface area (Å²) in [6.45, 7) is 0.909. The van der Waals surface area contributed by atoms with Crippen LogP contribution in [-0.4, -0.2) is 20.1 Å². The highest BCUT2D eigenvalue weighted by atomic mass is 35.5. The number of nitrogens with one attached hydrogen (secondary N) is 1. The van der Waals surface area contributed by atoms with Crippen molar-refractivity contribution in [2.45, 2.75) is 25.4 Å². The number of anilines is 1. The first-order chi connectivity index (χ1) is 10.1. The summed E-state index contributed by atoms with van der Waals surface area (Å²) in [7, 11) is 4.11. The monoisotopic (exact) mass is 300 g/mol. The molecule has 2 nitrogen and oxygen atoms in total. The van der Waals surface area contributed by atoms with E-state index in [0.29, 0.717) is 6.04 Å². The molecular formula is C18H21ClN2. The fourth-order valence-corrected chi connectivity index (χ4v) is 2.62. The van der Waals surface area contributed by atoms with E-state index in [-0.39, 0.29) is 0 Å². The molecule has 0 aromatic heterocycles. The van der Waals surface area contributed by atoms with Crippen LogP contribution in [0.25, 0.3) is 11.1 Å². The Balaban J connectivity index is 1.89. The molecule has 3 heteroatoms. The van der Waals surface area contributed by atoms with Crippen LogP contribution in [0, 0.1) is 0 Å². The molecule has 21 heavy (non-hydrogen) atoms. The first kappa shape index (κ1) is 14.4. The van der Waals surface area contributed by atoms with Crippen molar-refractivity contribution in [3.05, 3.63) is 53.1 Å². The second-order valence-corrected chi connectivity index (χ2v) is 6.33. The molecule has 0 aliphatic heterocycles. The minimum absolute atomic E-state index is 0.713. The van der Waals surface area contributed by atoms with E-state index in [1.165, 1.54) is 35.2 Å². The van der Waals surface area contributed by atoms with Crippen LogP contribution < -0.4 is 10.2 Å². The van der Waals surface area contributed by atoms with Gasteiger partial charge in [0, 0.05) is 37.4 Å². The van der Waals surface area contributed by atoms with Crippen LogP contribution in [0.15, 0.2) is 42.5 Å². The summed E-state index contributed by atoms with van der Waals surface area (Å²) in [6, 6.07) is 15.5. The van der Waals surface area contributed by atoms with Gasteiger partial charge in [0.25, 0.3) is 0 Å². The molecule has 2 aromatic rings. The van der Waals surface area contributed by atoms with Gasteiger partial charge in [-0.3, -0.25) is 0 Å². The molecule has 0 radical (unpaired) electrons. The zero-order valence-electron chi connectivity index (χ0n) is 12.6. The van der Waals surface area contributed by atoms with E-state index in [1.54, 1.807) is 0 Å². The quantitative estimate of drug-likeness (QED) is 0.884. The molecule has 0 spiro atoms. The van der Waals surface area contributed by atoms with Crippen molar-refractivity contribution in [3.63, 3.8) is 0 Å². The summed E-state index contributed by atoms with van der Waals surface area (Å²) in [6.07, 6.45) is 2.61. The molecule has 1 aliphatic rings. The standard InChI is InChI=1S/C18H21ClN2/c1-21(2)17-9-4-13(5-10-17)18-11-15(19)6-3-14(18)12-20-16-7-8-16/h3-6,9-11,16,20H,7-8,12H2,1-2H3. The van der Waals surface area contributed by atoms with Gasteiger partial charge in [0.1, 0.15) is 0 Å². The van der Waals surface area contributed by atoms with E-state index in [4.69, 9.17) is 11.6 Å². The van der Waals surface area contributed by atoms with Crippen molar-refractivity contribution in [2.75, 3.05) is 19.0 Å². The predicted molar refractivity (Wildman–Crippen MR) is 91.1 cm³/mol. The number of benzene rings is 2. The first-order valence-electron chi connectivity index (χ1n) is 7.43. The molecule has 1 saturated carbocycles. The maximum atomic E-state index is 6.19. The van der Waals surface area contributed by atoms with E-state index in [1.807, 2.05) is 6.07 Å². The van der Waals surface area contributed by atoms with Gasteiger partial charge in [-0.05, 0) is 53.8 Å². The van der Waals surface area contributed by atoms with Gasteiger partial charge in [0.05, 0.1) is 0 Å². The Kier molecular flexibility index (Phi) is 4.18. The summed E-state index contributed by atoms with van der Waals surface area (Å²) in [4.78, 5) is 2.11. The summed E-state index contributed by atoms with van der Waals surface area (Å²) < 4.78 is 0. The Morgan fingerprint density at radius 2 is 1.81 bits per heavy atom. The Morgan fingerprint density at radius 3 is 2.43 bits per heavy atom. The Hall–Kier alpha value is -1.51. The third-order valence-corrected chi connectivity index (χ3v) is 4.16. The van der Waals surface area contributed by atoms with Gasteiger partial charge >= 0.3 is 0 Å². The summed E-state index contributed by atoms with van der Waals surface area (Å²) in [5, 5.41) is 4.37. The van der Waals surface area contributed by atoms with Gasteiger partial charge in [-0.2, -0.15) is 0 Å². The number of hydrogen-bond acceptors (Lipinski definition) is 2. The molecular weight excluding hydrogens is 280 g/mol. The zero-order chi connectivity index (χ0) is 14.8. The summed E-state index contributed by atoms with van der Waals surface area (Å²) >= 11 is 6.19. The lowest BCUT2D eigenvalue weighted by Gasteiger charge is -2.15. The second-order valence-electron chi connectivity index (χ2n) is 5.90. The maximum Gasteiger partial charge on any atom is 0.0412 e. The van der Waals surface area contributed by atoms with Crippen LogP contribution in [0.4, 0.5) is 5.69 Å². The van der Waals surface area contributed by atoms with E-state index in [2.05, 4.69) is 60.7 Å². The van der Waals surface area contributed by atoms with Crippen molar-refractivity contribution in [1.82, 2.24) is 5.32 Å².